The molecule has 9 rings (SSSR count). The molecule has 0 bridgehead atoms. The summed E-state index contributed by atoms with van der Waals surface area (Å²) in [5, 5.41) is 6.25. The first kappa shape index (κ1) is 23.3. The highest BCUT2D eigenvalue weighted by Crippen LogP contribution is 2.62. The van der Waals surface area contributed by atoms with Gasteiger partial charge in [-0.1, -0.05) is 127 Å². The number of anilines is 2. The summed E-state index contributed by atoms with van der Waals surface area (Å²) in [7, 11) is 0. The van der Waals surface area contributed by atoms with Crippen molar-refractivity contribution in [1.29, 1.82) is 0 Å². The third-order valence-electron chi connectivity index (χ3n) is 9.25. The van der Waals surface area contributed by atoms with Gasteiger partial charge in [0.05, 0.1) is 5.41 Å². The normalized spacial score (nSPS) is 13.4. The Morgan fingerprint density at radius 1 is 0.333 bits per heavy atom. The summed E-state index contributed by atoms with van der Waals surface area (Å²) in [6.07, 6.45) is 0. The predicted molar refractivity (Wildman–Crippen MR) is 175 cm³/mol. The van der Waals surface area contributed by atoms with Crippen molar-refractivity contribution in [2.75, 3.05) is 5.32 Å². The van der Waals surface area contributed by atoms with Gasteiger partial charge < -0.3 is 5.32 Å². The molecule has 1 N–H and O–H groups in total. The maximum Gasteiger partial charge on any atom is 0.0726 e. The van der Waals surface area contributed by atoms with Crippen molar-refractivity contribution in [3.63, 3.8) is 0 Å². The number of fused-ring (bicyclic) bond motifs is 11. The molecule has 2 aliphatic rings. The Labute approximate surface area is 245 Å². The van der Waals surface area contributed by atoms with Gasteiger partial charge in [0.1, 0.15) is 0 Å². The number of rotatable bonds is 3. The molecule has 0 fully saturated rings. The third-order valence-corrected chi connectivity index (χ3v) is 9.25. The summed E-state index contributed by atoms with van der Waals surface area (Å²) in [4.78, 5) is 0. The quantitative estimate of drug-likeness (QED) is 0.238. The Bertz CT molecular complexity index is 2110. The Kier molecular flexibility index (Phi) is 4.88. The fourth-order valence-corrected chi connectivity index (χ4v) is 7.45. The molecular formula is C41H27N. The molecular weight excluding hydrogens is 506 g/mol. The van der Waals surface area contributed by atoms with E-state index in [0.29, 0.717) is 0 Å². The van der Waals surface area contributed by atoms with Crippen LogP contribution in [0.5, 0.6) is 0 Å². The SMILES string of the molecule is c1ccc2c(c1)-c1ccccc1C21c2ccccc2-c2ccc(Nc3ccc(-c4ccc5ccccc5c4)cc3)cc21. The molecule has 42 heavy (non-hydrogen) atoms. The minimum Gasteiger partial charge on any atom is -0.356 e. The molecule has 0 saturated heterocycles. The lowest BCUT2D eigenvalue weighted by atomic mass is 9.70. The molecule has 1 spiro atoms. The highest BCUT2D eigenvalue weighted by Gasteiger charge is 2.51. The predicted octanol–water partition coefficient (Wildman–Crippen LogP) is 10.6. The minimum atomic E-state index is -0.323. The fourth-order valence-electron chi connectivity index (χ4n) is 7.45. The van der Waals surface area contributed by atoms with E-state index in [1.807, 2.05) is 0 Å². The Morgan fingerprint density at radius 2 is 0.833 bits per heavy atom. The average Bonchev–Trinajstić information content (AvgIpc) is 3.52. The zero-order valence-corrected chi connectivity index (χ0v) is 23.0. The summed E-state index contributed by atoms with van der Waals surface area (Å²) >= 11 is 0. The van der Waals surface area contributed by atoms with Gasteiger partial charge in [-0.15, -0.1) is 0 Å². The molecule has 0 heterocycles. The lowest BCUT2D eigenvalue weighted by Gasteiger charge is -2.30. The van der Waals surface area contributed by atoms with E-state index in [1.165, 1.54) is 66.4 Å². The van der Waals surface area contributed by atoms with E-state index < -0.39 is 0 Å². The van der Waals surface area contributed by atoms with Crippen LogP contribution in [0.15, 0.2) is 158 Å². The second-order valence-corrected chi connectivity index (χ2v) is 11.4. The summed E-state index contributed by atoms with van der Waals surface area (Å²) in [6.45, 7) is 0. The summed E-state index contributed by atoms with van der Waals surface area (Å²) < 4.78 is 0. The topological polar surface area (TPSA) is 12.0 Å². The number of hydrogen-bond acceptors (Lipinski definition) is 1. The summed E-state index contributed by atoms with van der Waals surface area (Å²) in [5.74, 6) is 0. The van der Waals surface area contributed by atoms with E-state index in [4.69, 9.17) is 0 Å². The first-order valence-electron chi connectivity index (χ1n) is 14.6. The first-order valence-corrected chi connectivity index (χ1v) is 14.6. The van der Waals surface area contributed by atoms with Crippen LogP contribution in [0.1, 0.15) is 22.3 Å². The average molecular weight is 534 g/mol. The van der Waals surface area contributed by atoms with Crippen molar-refractivity contribution in [2.24, 2.45) is 0 Å². The van der Waals surface area contributed by atoms with Crippen LogP contribution in [-0.4, -0.2) is 0 Å². The molecule has 0 amide bonds. The second-order valence-electron chi connectivity index (χ2n) is 11.4. The Morgan fingerprint density at radius 3 is 1.48 bits per heavy atom. The second kappa shape index (κ2) is 8.80. The molecule has 1 nitrogen and oxygen atoms in total. The molecule has 0 aromatic heterocycles. The molecule has 2 aliphatic carbocycles. The van der Waals surface area contributed by atoms with Gasteiger partial charge in [0.25, 0.3) is 0 Å². The van der Waals surface area contributed by atoms with Crippen LogP contribution in [-0.2, 0) is 5.41 Å². The number of hydrogen-bond donors (Lipinski definition) is 1. The molecule has 0 atom stereocenters. The molecule has 1 heteroatoms. The zero-order chi connectivity index (χ0) is 27.7. The molecule has 0 aliphatic heterocycles. The molecule has 0 saturated carbocycles. The minimum absolute atomic E-state index is 0.323. The monoisotopic (exact) mass is 533 g/mol. The summed E-state index contributed by atoms with van der Waals surface area (Å²) in [5.41, 5.74) is 15.1. The van der Waals surface area contributed by atoms with Crippen LogP contribution in [0.3, 0.4) is 0 Å². The van der Waals surface area contributed by atoms with Crippen LogP contribution in [0.4, 0.5) is 11.4 Å². The highest BCUT2D eigenvalue weighted by atomic mass is 14.9. The van der Waals surface area contributed by atoms with Crippen LogP contribution in [0, 0.1) is 0 Å². The van der Waals surface area contributed by atoms with Gasteiger partial charge in [-0.05, 0) is 96.7 Å². The van der Waals surface area contributed by atoms with Gasteiger partial charge in [-0.2, -0.15) is 0 Å². The maximum absolute atomic E-state index is 3.72. The van der Waals surface area contributed by atoms with Crippen LogP contribution < -0.4 is 5.32 Å². The van der Waals surface area contributed by atoms with E-state index in [9.17, 15) is 0 Å². The fraction of sp³-hybridized carbons (Fsp3) is 0.0244. The molecule has 7 aromatic rings. The third kappa shape index (κ3) is 3.19. The lowest BCUT2D eigenvalue weighted by molar-refractivity contribution is 0.794. The van der Waals surface area contributed by atoms with Crippen LogP contribution in [0.2, 0.25) is 0 Å². The van der Waals surface area contributed by atoms with Crippen molar-refractivity contribution in [3.05, 3.63) is 180 Å². The lowest BCUT2D eigenvalue weighted by Crippen LogP contribution is -2.25. The molecule has 196 valence electrons. The van der Waals surface area contributed by atoms with E-state index in [-0.39, 0.29) is 5.41 Å². The van der Waals surface area contributed by atoms with Gasteiger partial charge in [-0.25, -0.2) is 0 Å². The standard InChI is InChI=1S/C41H27N/c1-2-10-29-25-30(18-17-27(29)9-1)28-19-21-31(22-20-28)42-32-23-24-36-35-13-5-8-16-39(35)41(40(36)26-32)37-14-6-3-11-33(37)34-12-4-7-15-38(34)41/h1-26,42H. The highest BCUT2D eigenvalue weighted by molar-refractivity contribution is 5.95. The van der Waals surface area contributed by atoms with Gasteiger partial charge in [0.15, 0.2) is 0 Å². The van der Waals surface area contributed by atoms with Crippen molar-refractivity contribution >= 4 is 22.1 Å². The molecule has 0 unspecified atom stereocenters. The first-order chi connectivity index (χ1) is 20.8. The summed E-state index contributed by atoms with van der Waals surface area (Å²) in [6, 6.07) is 57.8. The molecule has 0 radical (unpaired) electrons. The number of nitrogens with one attached hydrogen (secondary N) is 1. The van der Waals surface area contributed by atoms with Crippen molar-refractivity contribution in [2.45, 2.75) is 5.41 Å². The van der Waals surface area contributed by atoms with Crippen LogP contribution in [0.25, 0.3) is 44.2 Å². The van der Waals surface area contributed by atoms with Gasteiger partial charge >= 0.3 is 0 Å². The maximum atomic E-state index is 3.72. The van der Waals surface area contributed by atoms with Crippen LogP contribution >= 0.6 is 0 Å². The van der Waals surface area contributed by atoms with Crippen molar-refractivity contribution in [1.82, 2.24) is 0 Å². The Hall–Kier alpha value is -5.40. The van der Waals surface area contributed by atoms with E-state index in [2.05, 4.69) is 163 Å². The largest absolute Gasteiger partial charge is 0.356 e. The Balaban J connectivity index is 1.14. The van der Waals surface area contributed by atoms with E-state index in [1.54, 1.807) is 0 Å². The van der Waals surface area contributed by atoms with Gasteiger partial charge in [0.2, 0.25) is 0 Å². The van der Waals surface area contributed by atoms with Crippen molar-refractivity contribution in [3.8, 4) is 33.4 Å². The zero-order valence-electron chi connectivity index (χ0n) is 23.0. The van der Waals surface area contributed by atoms with E-state index >= 15 is 0 Å². The number of benzene rings is 7. The van der Waals surface area contributed by atoms with E-state index in [0.717, 1.165) is 11.4 Å². The van der Waals surface area contributed by atoms with Gasteiger partial charge in [-0.3, -0.25) is 0 Å². The van der Waals surface area contributed by atoms with Gasteiger partial charge in [0, 0.05) is 11.4 Å². The molecule has 7 aromatic carbocycles. The smallest absolute Gasteiger partial charge is 0.0726 e. The van der Waals surface area contributed by atoms with Crippen molar-refractivity contribution < 1.29 is 0 Å².